The Labute approximate surface area is 94.1 Å². The highest BCUT2D eigenvalue weighted by atomic mass is 32.2. The molecule has 0 heterocycles. The Kier molecular flexibility index (Phi) is 3.24. The Bertz CT molecular complexity index is 581. The molecule has 11 heteroatoms. The van der Waals surface area contributed by atoms with Crippen LogP contribution in [0.5, 0.6) is 0 Å². The minimum absolute atomic E-state index is 0.567. The molecule has 0 atom stereocenters. The molecule has 0 aliphatic carbocycles. The number of hydrogen-bond donors (Lipinski definition) is 2. The summed E-state index contributed by atoms with van der Waals surface area (Å²) in [6, 6.07) is 2.25. The van der Waals surface area contributed by atoms with Gasteiger partial charge in [0, 0.05) is 6.07 Å². The fourth-order valence-corrected chi connectivity index (χ4v) is 1.46. The van der Waals surface area contributed by atoms with E-state index in [2.05, 4.69) is 0 Å². The SMILES string of the molecule is O=[N+]([O-])c1ccc(NS(=O)(=O)O)c([N+](=O)[O-])c1. The van der Waals surface area contributed by atoms with Crippen LogP contribution >= 0.6 is 0 Å². The number of non-ortho nitro benzene ring substituents is 1. The van der Waals surface area contributed by atoms with E-state index in [4.69, 9.17) is 4.55 Å². The van der Waals surface area contributed by atoms with Crippen molar-refractivity contribution in [2.45, 2.75) is 0 Å². The molecule has 0 bridgehead atoms. The molecule has 0 saturated heterocycles. The van der Waals surface area contributed by atoms with Crippen LogP contribution in [0, 0.1) is 20.2 Å². The number of nitrogens with one attached hydrogen (secondary N) is 1. The quantitative estimate of drug-likeness (QED) is 0.460. The summed E-state index contributed by atoms with van der Waals surface area (Å²) in [5, 5.41) is 20.9. The summed E-state index contributed by atoms with van der Waals surface area (Å²) in [4.78, 5) is 19.0. The summed E-state index contributed by atoms with van der Waals surface area (Å²) in [5.41, 5.74) is -1.97. The van der Waals surface area contributed by atoms with Crippen LogP contribution in [0.4, 0.5) is 17.1 Å². The van der Waals surface area contributed by atoms with Crippen molar-refractivity contribution in [3.8, 4) is 0 Å². The summed E-state index contributed by atoms with van der Waals surface area (Å²) < 4.78 is 30.9. The fraction of sp³-hybridized carbons (Fsp3) is 0. The number of nitro groups is 2. The first kappa shape index (κ1) is 12.8. The lowest BCUT2D eigenvalue weighted by atomic mass is 10.2. The molecular weight excluding hydrogens is 258 g/mol. The number of hydrogen-bond acceptors (Lipinski definition) is 6. The topological polar surface area (TPSA) is 153 Å². The van der Waals surface area contributed by atoms with Crippen molar-refractivity contribution in [3.05, 3.63) is 38.4 Å². The van der Waals surface area contributed by atoms with Crippen LogP contribution < -0.4 is 4.72 Å². The minimum Gasteiger partial charge on any atom is -0.269 e. The average Bonchev–Trinajstić information content (AvgIpc) is 2.14. The monoisotopic (exact) mass is 263 g/mol. The molecule has 1 aromatic rings. The molecule has 2 N–H and O–H groups in total. The van der Waals surface area contributed by atoms with E-state index in [1.165, 1.54) is 4.72 Å². The summed E-state index contributed by atoms with van der Waals surface area (Å²) >= 11 is 0. The Morgan fingerprint density at radius 2 is 1.76 bits per heavy atom. The van der Waals surface area contributed by atoms with E-state index in [9.17, 15) is 28.6 Å². The molecule has 1 aromatic carbocycles. The second kappa shape index (κ2) is 4.31. The highest BCUT2D eigenvalue weighted by Crippen LogP contribution is 2.29. The number of nitrogens with zero attached hydrogens (tertiary/aromatic N) is 2. The zero-order valence-electron chi connectivity index (χ0n) is 7.93. The normalized spacial score (nSPS) is 10.9. The van der Waals surface area contributed by atoms with Gasteiger partial charge in [0.1, 0.15) is 5.69 Å². The van der Waals surface area contributed by atoms with Gasteiger partial charge in [-0.05, 0) is 6.07 Å². The van der Waals surface area contributed by atoms with Gasteiger partial charge in [-0.15, -0.1) is 0 Å². The second-order valence-corrected chi connectivity index (χ2v) is 3.95. The van der Waals surface area contributed by atoms with E-state index in [-0.39, 0.29) is 0 Å². The third-order valence-electron chi connectivity index (χ3n) is 1.63. The first-order chi connectivity index (χ1) is 7.70. The van der Waals surface area contributed by atoms with Crippen molar-refractivity contribution >= 4 is 27.4 Å². The molecule has 0 spiro atoms. The molecule has 0 unspecified atom stereocenters. The van der Waals surface area contributed by atoms with Crippen LogP contribution in [0.15, 0.2) is 18.2 Å². The predicted octanol–water partition coefficient (Wildman–Crippen LogP) is 0.718. The van der Waals surface area contributed by atoms with Gasteiger partial charge in [-0.2, -0.15) is 8.42 Å². The molecular formula is C6H5N3O7S. The summed E-state index contributed by atoms with van der Waals surface area (Å²) in [5.74, 6) is 0. The first-order valence-corrected chi connectivity index (χ1v) is 5.33. The van der Waals surface area contributed by atoms with Gasteiger partial charge in [0.15, 0.2) is 0 Å². The molecule has 92 valence electrons. The Morgan fingerprint density at radius 1 is 1.18 bits per heavy atom. The average molecular weight is 263 g/mol. The van der Waals surface area contributed by atoms with Gasteiger partial charge >= 0.3 is 10.3 Å². The van der Waals surface area contributed by atoms with E-state index in [1.54, 1.807) is 0 Å². The minimum atomic E-state index is -4.69. The van der Waals surface area contributed by atoms with E-state index >= 15 is 0 Å². The number of rotatable bonds is 4. The molecule has 1 rings (SSSR count). The first-order valence-electron chi connectivity index (χ1n) is 3.89. The van der Waals surface area contributed by atoms with Crippen molar-refractivity contribution in [1.82, 2.24) is 0 Å². The smallest absolute Gasteiger partial charge is 0.269 e. The van der Waals surface area contributed by atoms with Gasteiger partial charge in [-0.3, -0.25) is 29.5 Å². The standard InChI is InChI=1S/C6H5N3O7S/c10-8(11)4-1-2-5(7-17(14,15)16)6(3-4)9(12)13/h1-3,7H,(H,14,15,16). The van der Waals surface area contributed by atoms with Crippen molar-refractivity contribution in [1.29, 1.82) is 0 Å². The third kappa shape index (κ3) is 3.35. The molecule has 0 radical (unpaired) electrons. The van der Waals surface area contributed by atoms with Crippen LogP contribution in [-0.4, -0.2) is 22.8 Å². The van der Waals surface area contributed by atoms with Gasteiger partial charge < -0.3 is 0 Å². The van der Waals surface area contributed by atoms with Gasteiger partial charge in [0.25, 0.3) is 11.4 Å². The lowest BCUT2D eigenvalue weighted by molar-refractivity contribution is -0.393. The Hall–Kier alpha value is -2.27. The van der Waals surface area contributed by atoms with Crippen LogP contribution in [-0.2, 0) is 10.3 Å². The highest BCUT2D eigenvalue weighted by Gasteiger charge is 2.21. The van der Waals surface area contributed by atoms with Crippen LogP contribution in [0.3, 0.4) is 0 Å². The molecule has 0 saturated carbocycles. The van der Waals surface area contributed by atoms with Crippen molar-refractivity contribution in [2.24, 2.45) is 0 Å². The second-order valence-electron chi connectivity index (χ2n) is 2.79. The summed E-state index contributed by atoms with van der Waals surface area (Å²) in [6.07, 6.45) is 0. The molecule has 0 aliphatic heterocycles. The predicted molar refractivity (Wildman–Crippen MR) is 54.9 cm³/mol. The van der Waals surface area contributed by atoms with E-state index < -0.39 is 37.2 Å². The number of benzene rings is 1. The maximum absolute atomic E-state index is 10.5. The molecule has 0 aromatic heterocycles. The fourth-order valence-electron chi connectivity index (χ4n) is 1.01. The highest BCUT2D eigenvalue weighted by molar-refractivity contribution is 7.87. The van der Waals surface area contributed by atoms with E-state index in [1.807, 2.05) is 0 Å². The molecule has 10 nitrogen and oxygen atoms in total. The van der Waals surface area contributed by atoms with Crippen LogP contribution in [0.1, 0.15) is 0 Å². The Balaban J connectivity index is 3.32. The zero-order valence-corrected chi connectivity index (χ0v) is 8.75. The van der Waals surface area contributed by atoms with E-state index in [0.717, 1.165) is 12.1 Å². The van der Waals surface area contributed by atoms with Crippen LogP contribution in [0.25, 0.3) is 0 Å². The van der Waals surface area contributed by atoms with Gasteiger partial charge in [-0.1, -0.05) is 0 Å². The van der Waals surface area contributed by atoms with Gasteiger partial charge in [0.05, 0.1) is 15.9 Å². The lowest BCUT2D eigenvalue weighted by Crippen LogP contribution is -2.11. The van der Waals surface area contributed by atoms with Gasteiger partial charge in [0.2, 0.25) is 0 Å². The van der Waals surface area contributed by atoms with Crippen LogP contribution in [0.2, 0.25) is 0 Å². The third-order valence-corrected chi connectivity index (χ3v) is 2.11. The number of anilines is 1. The molecule has 0 fully saturated rings. The molecule has 17 heavy (non-hydrogen) atoms. The maximum Gasteiger partial charge on any atom is 0.357 e. The molecule has 0 amide bonds. The zero-order chi connectivity index (χ0) is 13.2. The lowest BCUT2D eigenvalue weighted by Gasteiger charge is -2.03. The largest absolute Gasteiger partial charge is 0.357 e. The summed E-state index contributed by atoms with van der Waals surface area (Å²) in [6.45, 7) is 0. The van der Waals surface area contributed by atoms with Crippen molar-refractivity contribution in [2.75, 3.05) is 4.72 Å². The van der Waals surface area contributed by atoms with E-state index in [0.29, 0.717) is 6.07 Å². The maximum atomic E-state index is 10.5. The van der Waals surface area contributed by atoms with Gasteiger partial charge in [-0.25, -0.2) is 0 Å². The number of nitro benzene ring substituents is 2. The summed E-state index contributed by atoms with van der Waals surface area (Å²) in [7, 11) is -4.69. The Morgan fingerprint density at radius 3 is 2.18 bits per heavy atom. The molecule has 0 aliphatic rings. The van der Waals surface area contributed by atoms with Crippen molar-refractivity contribution < 1.29 is 22.8 Å². The van der Waals surface area contributed by atoms with Crippen molar-refractivity contribution in [3.63, 3.8) is 0 Å².